The maximum atomic E-state index is 13.0. The minimum absolute atomic E-state index is 0.0849. The molecule has 0 spiro atoms. The number of hydrogen-bond donors (Lipinski definition) is 0. The van der Waals surface area contributed by atoms with Gasteiger partial charge in [-0.1, -0.05) is 29.8 Å². The van der Waals surface area contributed by atoms with Gasteiger partial charge in [-0.2, -0.15) is 0 Å². The van der Waals surface area contributed by atoms with Crippen LogP contribution in [0.2, 0.25) is 5.02 Å². The molecule has 0 aromatic heterocycles. The zero-order valence-electron chi connectivity index (χ0n) is 18.0. The van der Waals surface area contributed by atoms with Crippen molar-refractivity contribution >= 4 is 72.4 Å². The Bertz CT molecular complexity index is 1280. The van der Waals surface area contributed by atoms with Gasteiger partial charge in [-0.15, -0.1) is 0 Å². The van der Waals surface area contributed by atoms with Gasteiger partial charge < -0.3 is 9.47 Å². The smallest absolute Gasteiger partial charge is 0.293 e. The monoisotopic (exact) mass is 639 g/mol. The van der Waals surface area contributed by atoms with Gasteiger partial charge in [0, 0.05) is 10.6 Å². The minimum atomic E-state index is -0.394. The molecule has 1 aliphatic heterocycles. The molecule has 0 bridgehead atoms. The quantitative estimate of drug-likeness (QED) is 0.236. The Morgan fingerprint density at radius 3 is 2.37 bits per heavy atom. The average Bonchev–Trinajstić information content (AvgIpc) is 3.08. The Morgan fingerprint density at radius 2 is 1.69 bits per heavy atom. The van der Waals surface area contributed by atoms with Crippen molar-refractivity contribution in [1.29, 1.82) is 0 Å². The number of carbonyl (C=O) groups is 2. The zero-order valence-corrected chi connectivity index (χ0v) is 22.7. The van der Waals surface area contributed by atoms with Crippen LogP contribution in [0.1, 0.15) is 11.1 Å². The molecule has 4 rings (SSSR count). The van der Waals surface area contributed by atoms with Crippen molar-refractivity contribution in [3.63, 3.8) is 0 Å². The summed E-state index contributed by atoms with van der Waals surface area (Å²) in [6, 6.07) is 16.6. The predicted octanol–water partition coefficient (Wildman–Crippen LogP) is 7.70. The van der Waals surface area contributed by atoms with Crippen LogP contribution in [0.3, 0.4) is 0 Å². The van der Waals surface area contributed by atoms with E-state index in [1.807, 2.05) is 18.2 Å². The van der Waals surface area contributed by atoms with Crippen LogP contribution in [0.4, 0.5) is 9.18 Å². The Kier molecular flexibility index (Phi) is 8.54. The van der Waals surface area contributed by atoms with E-state index in [0.29, 0.717) is 35.9 Å². The van der Waals surface area contributed by atoms with Gasteiger partial charge in [-0.25, -0.2) is 4.39 Å². The molecule has 35 heavy (non-hydrogen) atoms. The molecule has 5 nitrogen and oxygen atoms in total. The first-order valence-electron chi connectivity index (χ1n) is 10.3. The van der Waals surface area contributed by atoms with Crippen LogP contribution >= 0.6 is 55.2 Å². The van der Waals surface area contributed by atoms with Gasteiger partial charge in [-0.3, -0.25) is 14.5 Å². The van der Waals surface area contributed by atoms with Crippen molar-refractivity contribution < 1.29 is 23.5 Å². The van der Waals surface area contributed by atoms with Crippen LogP contribution in [0, 0.1) is 5.82 Å². The van der Waals surface area contributed by atoms with Crippen LogP contribution < -0.4 is 9.47 Å². The highest BCUT2D eigenvalue weighted by Gasteiger charge is 2.34. The summed E-state index contributed by atoms with van der Waals surface area (Å²) in [5, 5.41) is 0.247. The van der Waals surface area contributed by atoms with Crippen molar-refractivity contribution in [3.8, 4) is 11.5 Å². The first-order valence-corrected chi connectivity index (χ1v) is 13.1. The Hall–Kier alpha value is -2.33. The van der Waals surface area contributed by atoms with Crippen LogP contribution in [-0.4, -0.2) is 29.2 Å². The number of thioether (sulfide) groups is 1. The third-order valence-corrected chi connectivity index (χ3v) is 7.37. The highest BCUT2D eigenvalue weighted by Crippen LogP contribution is 2.38. The number of carbonyl (C=O) groups excluding carboxylic acids is 2. The van der Waals surface area contributed by atoms with Crippen LogP contribution in [-0.2, 0) is 11.4 Å². The fourth-order valence-electron chi connectivity index (χ4n) is 3.20. The summed E-state index contributed by atoms with van der Waals surface area (Å²) in [5.41, 5.74) is 1.57. The maximum Gasteiger partial charge on any atom is 0.293 e. The topological polar surface area (TPSA) is 55.8 Å². The SMILES string of the molecule is O=C1S/C(=C\c2cc(Br)c(OCc3ccccc3Cl)c(Br)c2)C(=O)N1CCOc1ccc(F)cc1. The van der Waals surface area contributed by atoms with Crippen molar-refractivity contribution in [2.24, 2.45) is 0 Å². The van der Waals surface area contributed by atoms with E-state index in [1.54, 1.807) is 24.3 Å². The first kappa shape index (κ1) is 25.8. The molecule has 0 radical (unpaired) electrons. The number of hydrogen-bond acceptors (Lipinski definition) is 5. The summed E-state index contributed by atoms with van der Waals surface area (Å²) in [4.78, 5) is 26.6. The van der Waals surface area contributed by atoms with Crippen molar-refractivity contribution in [1.82, 2.24) is 4.90 Å². The largest absolute Gasteiger partial charge is 0.492 e. The number of nitrogens with zero attached hydrogens (tertiary/aromatic N) is 1. The van der Waals surface area contributed by atoms with Gasteiger partial charge in [0.15, 0.2) is 0 Å². The van der Waals surface area contributed by atoms with Crippen molar-refractivity contribution in [2.75, 3.05) is 13.2 Å². The van der Waals surface area contributed by atoms with E-state index in [2.05, 4.69) is 31.9 Å². The van der Waals surface area contributed by atoms with Crippen molar-refractivity contribution in [3.05, 3.63) is 96.5 Å². The second kappa shape index (κ2) is 11.6. The lowest BCUT2D eigenvalue weighted by molar-refractivity contribution is -0.123. The molecule has 3 aromatic carbocycles. The third-order valence-electron chi connectivity index (χ3n) is 4.92. The molecular formula is C25H17Br2ClFNO4S. The highest BCUT2D eigenvalue weighted by atomic mass is 79.9. The summed E-state index contributed by atoms with van der Waals surface area (Å²) in [5.74, 6) is 0.287. The number of halogens is 4. The second-order valence-corrected chi connectivity index (χ2v) is 10.4. The van der Waals surface area contributed by atoms with Crippen LogP contribution in [0.15, 0.2) is 74.5 Å². The molecule has 2 amide bonds. The van der Waals surface area contributed by atoms with E-state index in [-0.39, 0.29) is 30.8 Å². The summed E-state index contributed by atoms with van der Waals surface area (Å²) in [6.45, 7) is 0.474. The molecule has 1 fully saturated rings. The summed E-state index contributed by atoms with van der Waals surface area (Å²) in [7, 11) is 0. The molecule has 0 N–H and O–H groups in total. The normalized spacial score (nSPS) is 14.6. The number of imide groups is 1. The van der Waals surface area contributed by atoms with E-state index >= 15 is 0 Å². The average molecular weight is 642 g/mol. The summed E-state index contributed by atoms with van der Waals surface area (Å²) < 4.78 is 25.8. The Morgan fingerprint density at radius 1 is 1.00 bits per heavy atom. The second-order valence-electron chi connectivity index (χ2n) is 7.33. The van der Waals surface area contributed by atoms with Gasteiger partial charge in [-0.05, 0) is 97.7 Å². The van der Waals surface area contributed by atoms with Crippen LogP contribution in [0.25, 0.3) is 6.08 Å². The molecule has 0 unspecified atom stereocenters. The van der Waals surface area contributed by atoms with E-state index in [1.165, 1.54) is 24.3 Å². The fourth-order valence-corrected chi connectivity index (χ4v) is 5.70. The molecule has 0 saturated carbocycles. The van der Waals surface area contributed by atoms with Crippen LogP contribution in [0.5, 0.6) is 11.5 Å². The Balaban J connectivity index is 1.41. The molecule has 180 valence electrons. The number of ether oxygens (including phenoxy) is 2. The molecule has 1 aliphatic rings. The molecule has 1 saturated heterocycles. The van der Waals surface area contributed by atoms with Gasteiger partial charge >= 0.3 is 0 Å². The van der Waals surface area contributed by atoms with E-state index in [9.17, 15) is 14.0 Å². The van der Waals surface area contributed by atoms with Gasteiger partial charge in [0.25, 0.3) is 11.1 Å². The lowest BCUT2D eigenvalue weighted by Gasteiger charge is -2.13. The van der Waals surface area contributed by atoms with Gasteiger partial charge in [0.2, 0.25) is 0 Å². The minimum Gasteiger partial charge on any atom is -0.492 e. The Labute approximate surface area is 227 Å². The molecule has 0 aliphatic carbocycles. The van der Waals surface area contributed by atoms with E-state index < -0.39 is 5.91 Å². The molecule has 3 aromatic rings. The molecule has 1 heterocycles. The summed E-state index contributed by atoms with van der Waals surface area (Å²) >= 11 is 14.1. The van der Waals surface area contributed by atoms with Crippen molar-refractivity contribution in [2.45, 2.75) is 6.61 Å². The lowest BCUT2D eigenvalue weighted by Crippen LogP contribution is -2.32. The third kappa shape index (κ3) is 6.46. The standard InChI is InChI=1S/C25H17Br2ClFNO4S/c26-19-11-15(12-20(27)23(19)34-14-16-3-1-2-4-21(16)28)13-22-24(31)30(25(32)35-22)9-10-33-18-7-5-17(29)6-8-18/h1-8,11-13H,9-10,14H2/b22-13-. The lowest BCUT2D eigenvalue weighted by atomic mass is 10.2. The summed E-state index contributed by atoms with van der Waals surface area (Å²) in [6.07, 6.45) is 1.65. The number of benzene rings is 3. The van der Waals surface area contributed by atoms with Gasteiger partial charge in [0.1, 0.15) is 30.5 Å². The zero-order chi connectivity index (χ0) is 24.9. The molecule has 0 atom stereocenters. The molecular weight excluding hydrogens is 625 g/mol. The highest BCUT2D eigenvalue weighted by molar-refractivity contribution is 9.11. The number of rotatable bonds is 8. The van der Waals surface area contributed by atoms with E-state index in [0.717, 1.165) is 22.2 Å². The maximum absolute atomic E-state index is 13.0. The predicted molar refractivity (Wildman–Crippen MR) is 142 cm³/mol. The molecule has 10 heteroatoms. The first-order chi connectivity index (χ1) is 16.8. The van der Waals surface area contributed by atoms with E-state index in [4.69, 9.17) is 21.1 Å². The fraction of sp³-hybridized carbons (Fsp3) is 0.120. The number of amides is 2. The van der Waals surface area contributed by atoms with Gasteiger partial charge in [0.05, 0.1) is 20.4 Å².